The molecule has 2 unspecified atom stereocenters. The second-order valence-corrected chi connectivity index (χ2v) is 6.42. The Kier molecular flexibility index (Phi) is 4.60. The lowest BCUT2D eigenvalue weighted by atomic mass is 9.98. The van der Waals surface area contributed by atoms with Crippen LogP contribution in [0.5, 0.6) is 0 Å². The van der Waals surface area contributed by atoms with Crippen LogP contribution in [-0.2, 0) is 4.74 Å². The molecule has 22 heavy (non-hydrogen) atoms. The highest BCUT2D eigenvalue weighted by Crippen LogP contribution is 2.34. The lowest BCUT2D eigenvalue weighted by Crippen LogP contribution is -2.24. The maximum Gasteiger partial charge on any atom is 0.0959 e. The standard InChI is InChI=1S/C18H25N3O/c1-14(11-20(2)3)21-13-19-17(15-7-5-4-6-8-15)18(21)16-9-10-22-12-16/h4-8,13-14,16H,9-12H2,1-3H3. The van der Waals surface area contributed by atoms with Crippen molar-refractivity contribution in [2.24, 2.45) is 0 Å². The van der Waals surface area contributed by atoms with E-state index in [1.807, 2.05) is 12.4 Å². The number of imidazole rings is 1. The summed E-state index contributed by atoms with van der Waals surface area (Å²) >= 11 is 0. The Morgan fingerprint density at radius 3 is 2.73 bits per heavy atom. The van der Waals surface area contributed by atoms with Gasteiger partial charge in [-0.1, -0.05) is 30.3 Å². The predicted octanol–water partition coefficient (Wildman–Crippen LogP) is 3.18. The summed E-state index contributed by atoms with van der Waals surface area (Å²) in [7, 11) is 4.23. The molecule has 4 nitrogen and oxygen atoms in total. The van der Waals surface area contributed by atoms with E-state index in [0.29, 0.717) is 12.0 Å². The first-order valence-corrected chi connectivity index (χ1v) is 8.01. The molecule has 0 saturated carbocycles. The summed E-state index contributed by atoms with van der Waals surface area (Å²) < 4.78 is 7.98. The van der Waals surface area contributed by atoms with E-state index in [2.05, 4.69) is 54.8 Å². The second kappa shape index (κ2) is 6.63. The van der Waals surface area contributed by atoms with Crippen LogP contribution in [0, 0.1) is 0 Å². The molecular weight excluding hydrogens is 274 g/mol. The quantitative estimate of drug-likeness (QED) is 0.849. The van der Waals surface area contributed by atoms with Gasteiger partial charge in [-0.25, -0.2) is 4.98 Å². The highest BCUT2D eigenvalue weighted by molar-refractivity contribution is 5.62. The molecule has 1 aliphatic heterocycles. The van der Waals surface area contributed by atoms with E-state index in [1.165, 1.54) is 11.3 Å². The average Bonchev–Trinajstić information content (AvgIpc) is 3.16. The van der Waals surface area contributed by atoms with Gasteiger partial charge < -0.3 is 14.2 Å². The second-order valence-electron chi connectivity index (χ2n) is 6.42. The van der Waals surface area contributed by atoms with Crippen LogP contribution >= 0.6 is 0 Å². The third-order valence-corrected chi connectivity index (χ3v) is 4.30. The Balaban J connectivity index is 2.01. The maximum absolute atomic E-state index is 5.64. The number of ether oxygens (including phenoxy) is 1. The number of rotatable bonds is 5. The molecule has 1 saturated heterocycles. The molecule has 1 fully saturated rings. The van der Waals surface area contributed by atoms with Crippen molar-refractivity contribution in [1.29, 1.82) is 0 Å². The van der Waals surface area contributed by atoms with E-state index in [0.717, 1.165) is 31.9 Å². The van der Waals surface area contributed by atoms with Crippen LogP contribution < -0.4 is 0 Å². The molecule has 1 aliphatic rings. The molecule has 0 radical (unpaired) electrons. The first kappa shape index (κ1) is 15.3. The van der Waals surface area contributed by atoms with E-state index in [4.69, 9.17) is 9.72 Å². The van der Waals surface area contributed by atoms with E-state index in [-0.39, 0.29) is 0 Å². The van der Waals surface area contributed by atoms with Crippen molar-refractivity contribution in [2.75, 3.05) is 33.9 Å². The summed E-state index contributed by atoms with van der Waals surface area (Å²) in [5.41, 5.74) is 3.64. The Morgan fingerprint density at radius 1 is 1.32 bits per heavy atom. The van der Waals surface area contributed by atoms with Crippen molar-refractivity contribution in [3.05, 3.63) is 42.4 Å². The molecule has 0 aliphatic carbocycles. The minimum atomic E-state index is 0.399. The van der Waals surface area contributed by atoms with Crippen molar-refractivity contribution in [3.8, 4) is 11.3 Å². The summed E-state index contributed by atoms with van der Waals surface area (Å²) in [5, 5.41) is 0. The lowest BCUT2D eigenvalue weighted by molar-refractivity contribution is 0.192. The Morgan fingerprint density at radius 2 is 2.09 bits per heavy atom. The third-order valence-electron chi connectivity index (χ3n) is 4.30. The van der Waals surface area contributed by atoms with Crippen molar-refractivity contribution in [2.45, 2.75) is 25.3 Å². The van der Waals surface area contributed by atoms with Gasteiger partial charge in [0.25, 0.3) is 0 Å². The first-order valence-electron chi connectivity index (χ1n) is 8.01. The minimum absolute atomic E-state index is 0.399. The van der Waals surface area contributed by atoms with Gasteiger partial charge in [0.05, 0.1) is 24.3 Å². The topological polar surface area (TPSA) is 30.3 Å². The van der Waals surface area contributed by atoms with Gasteiger partial charge in [0.1, 0.15) is 0 Å². The molecule has 3 rings (SSSR count). The molecular formula is C18H25N3O. The summed E-state index contributed by atoms with van der Waals surface area (Å²) in [6.45, 7) is 4.92. The number of hydrogen-bond acceptors (Lipinski definition) is 3. The van der Waals surface area contributed by atoms with Crippen LogP contribution in [0.15, 0.2) is 36.7 Å². The first-order chi connectivity index (χ1) is 10.7. The largest absolute Gasteiger partial charge is 0.381 e. The molecule has 0 bridgehead atoms. The lowest BCUT2D eigenvalue weighted by Gasteiger charge is -2.23. The molecule has 1 aromatic heterocycles. The smallest absolute Gasteiger partial charge is 0.0959 e. The van der Waals surface area contributed by atoms with E-state index < -0.39 is 0 Å². The van der Waals surface area contributed by atoms with E-state index >= 15 is 0 Å². The molecule has 0 amide bonds. The Bertz CT molecular complexity index is 600. The number of hydrogen-bond donors (Lipinski definition) is 0. The van der Waals surface area contributed by atoms with E-state index in [9.17, 15) is 0 Å². The highest BCUT2D eigenvalue weighted by atomic mass is 16.5. The SMILES string of the molecule is CC(CN(C)C)n1cnc(-c2ccccc2)c1C1CCOC1. The van der Waals surface area contributed by atoms with Crippen molar-refractivity contribution < 1.29 is 4.74 Å². The van der Waals surface area contributed by atoms with E-state index in [1.54, 1.807) is 0 Å². The van der Waals surface area contributed by atoms with Crippen LogP contribution in [-0.4, -0.2) is 48.3 Å². The summed E-state index contributed by atoms with van der Waals surface area (Å²) in [4.78, 5) is 6.97. The maximum atomic E-state index is 5.64. The summed E-state index contributed by atoms with van der Waals surface area (Å²) in [6.07, 6.45) is 3.09. The van der Waals surface area contributed by atoms with Gasteiger partial charge in [-0.15, -0.1) is 0 Å². The zero-order chi connectivity index (χ0) is 15.5. The summed E-state index contributed by atoms with van der Waals surface area (Å²) in [6, 6.07) is 10.9. The highest BCUT2D eigenvalue weighted by Gasteiger charge is 2.27. The molecule has 1 aromatic carbocycles. The zero-order valence-corrected chi connectivity index (χ0v) is 13.7. The van der Waals surface area contributed by atoms with Gasteiger partial charge in [-0.3, -0.25) is 0 Å². The van der Waals surface area contributed by atoms with Gasteiger partial charge in [0.2, 0.25) is 0 Å². The van der Waals surface area contributed by atoms with Gasteiger partial charge in [-0.2, -0.15) is 0 Å². The van der Waals surface area contributed by atoms with Crippen LogP contribution in [0.1, 0.15) is 31.0 Å². The van der Waals surface area contributed by atoms with Crippen LogP contribution in [0.2, 0.25) is 0 Å². The number of nitrogens with zero attached hydrogens (tertiary/aromatic N) is 3. The molecule has 4 heteroatoms. The fraction of sp³-hybridized carbons (Fsp3) is 0.500. The van der Waals surface area contributed by atoms with Crippen molar-refractivity contribution in [1.82, 2.24) is 14.5 Å². The number of benzene rings is 1. The Hall–Kier alpha value is -1.65. The number of aromatic nitrogens is 2. The van der Waals surface area contributed by atoms with Crippen LogP contribution in [0.25, 0.3) is 11.3 Å². The van der Waals surface area contributed by atoms with Gasteiger partial charge >= 0.3 is 0 Å². The molecule has 2 aromatic rings. The zero-order valence-electron chi connectivity index (χ0n) is 13.7. The molecule has 2 heterocycles. The minimum Gasteiger partial charge on any atom is -0.381 e. The van der Waals surface area contributed by atoms with Gasteiger partial charge in [0.15, 0.2) is 0 Å². The molecule has 2 atom stereocenters. The average molecular weight is 299 g/mol. The summed E-state index contributed by atoms with van der Waals surface area (Å²) in [5.74, 6) is 0.447. The molecule has 0 spiro atoms. The number of likely N-dealkylation sites (N-methyl/N-ethyl adjacent to an activating group) is 1. The van der Waals surface area contributed by atoms with Gasteiger partial charge in [-0.05, 0) is 27.4 Å². The monoisotopic (exact) mass is 299 g/mol. The van der Waals surface area contributed by atoms with Crippen LogP contribution in [0.4, 0.5) is 0 Å². The van der Waals surface area contributed by atoms with Gasteiger partial charge in [0, 0.05) is 30.7 Å². The molecule has 0 N–H and O–H groups in total. The fourth-order valence-electron chi connectivity index (χ4n) is 3.31. The predicted molar refractivity (Wildman–Crippen MR) is 89.1 cm³/mol. The fourth-order valence-corrected chi connectivity index (χ4v) is 3.31. The normalized spacial score (nSPS) is 19.7. The molecule has 118 valence electrons. The third kappa shape index (κ3) is 3.08. The Labute approximate surface area is 132 Å². The van der Waals surface area contributed by atoms with Crippen molar-refractivity contribution >= 4 is 0 Å². The van der Waals surface area contributed by atoms with Crippen molar-refractivity contribution in [3.63, 3.8) is 0 Å². The van der Waals surface area contributed by atoms with Crippen LogP contribution in [0.3, 0.4) is 0 Å².